The van der Waals surface area contributed by atoms with Gasteiger partial charge < -0.3 is 18.5 Å². The second-order valence-corrected chi connectivity index (χ2v) is 8.72. The summed E-state index contributed by atoms with van der Waals surface area (Å²) in [6.07, 6.45) is 0. The van der Waals surface area contributed by atoms with Crippen molar-refractivity contribution in [1.82, 2.24) is 14.8 Å². The smallest absolute Gasteiger partial charge is 0.387 e. The van der Waals surface area contributed by atoms with Crippen molar-refractivity contribution in [3.8, 4) is 17.2 Å². The minimum absolute atomic E-state index is 0.0491. The molecule has 0 saturated heterocycles. The first-order valence-electron chi connectivity index (χ1n) is 10.4. The van der Waals surface area contributed by atoms with Gasteiger partial charge in [-0.15, -0.1) is 10.2 Å². The van der Waals surface area contributed by atoms with Crippen molar-refractivity contribution in [2.45, 2.75) is 32.3 Å². The molecule has 4 rings (SSSR count). The molecule has 4 aromatic rings. The molecule has 0 aliphatic rings. The average molecular weight is 520 g/mol. The molecule has 182 valence electrons. The number of aryl methyl sites for hydroxylation is 1. The highest BCUT2D eigenvalue weighted by Gasteiger charge is 2.19. The quantitative estimate of drug-likeness (QED) is 0.180. The van der Waals surface area contributed by atoms with Crippen molar-refractivity contribution >= 4 is 29.1 Å². The third kappa shape index (κ3) is 6.01. The van der Waals surface area contributed by atoms with E-state index in [-0.39, 0.29) is 35.0 Å². The van der Waals surface area contributed by atoms with E-state index in [1.165, 1.54) is 12.1 Å². The Kier molecular flexibility index (Phi) is 7.72. The molecule has 0 aliphatic carbocycles. The molecular weight excluding hydrogens is 500 g/mol. The number of rotatable bonds is 10. The van der Waals surface area contributed by atoms with E-state index in [4.69, 9.17) is 20.8 Å². The van der Waals surface area contributed by atoms with Crippen LogP contribution in [0, 0.1) is 13.8 Å². The molecule has 0 unspecified atom stereocenters. The van der Waals surface area contributed by atoms with Gasteiger partial charge >= 0.3 is 6.61 Å². The van der Waals surface area contributed by atoms with Gasteiger partial charge in [0.15, 0.2) is 12.4 Å². The third-order valence-corrected chi connectivity index (χ3v) is 6.15. The number of alkyl halides is 2. The number of benzene rings is 2. The number of halogens is 3. The van der Waals surface area contributed by atoms with Gasteiger partial charge in [-0.25, -0.2) is 0 Å². The van der Waals surface area contributed by atoms with Crippen molar-refractivity contribution in [3.63, 3.8) is 0 Å². The molecule has 0 atom stereocenters. The lowest BCUT2D eigenvalue weighted by Crippen LogP contribution is -2.06. The number of Topliss-reactive ketones (excluding diaryl/α,β-unsaturated/α-hetero) is 1. The molecule has 2 aromatic heterocycles. The first-order valence-corrected chi connectivity index (χ1v) is 11.8. The Morgan fingerprint density at radius 2 is 1.89 bits per heavy atom. The molecule has 0 saturated carbocycles. The van der Waals surface area contributed by atoms with E-state index >= 15 is 0 Å². The Morgan fingerprint density at radius 1 is 1.14 bits per heavy atom. The molecule has 7 nitrogen and oxygen atoms in total. The average Bonchev–Trinajstić information content (AvgIpc) is 3.41. The number of hydrogen-bond acceptors (Lipinski definition) is 7. The number of carbonyl (C=O) groups excluding carboxylic acids is 1. The predicted octanol–water partition coefficient (Wildman–Crippen LogP) is 6.29. The van der Waals surface area contributed by atoms with Crippen LogP contribution in [0.2, 0.25) is 5.02 Å². The van der Waals surface area contributed by atoms with Crippen molar-refractivity contribution < 1.29 is 27.5 Å². The second kappa shape index (κ2) is 10.9. The summed E-state index contributed by atoms with van der Waals surface area (Å²) >= 11 is 7.19. The summed E-state index contributed by atoms with van der Waals surface area (Å²) < 4.78 is 42.2. The Hall–Kier alpha value is -3.37. The number of carbonyl (C=O) groups is 1. The van der Waals surface area contributed by atoms with Gasteiger partial charge in [0.05, 0.1) is 10.8 Å². The number of nitrogens with zero attached hydrogens (tertiary/aromatic N) is 3. The van der Waals surface area contributed by atoms with E-state index in [0.717, 1.165) is 28.8 Å². The van der Waals surface area contributed by atoms with Crippen molar-refractivity contribution in [3.05, 3.63) is 82.5 Å². The fourth-order valence-corrected chi connectivity index (χ4v) is 4.33. The fourth-order valence-electron chi connectivity index (χ4n) is 3.48. The standard InChI is InChI=1S/C24H20ClF2N3O4S/c1-14-11-18(15(2)30(14)16-7-9-17(10-8-16)33-23(26)27)20(31)13-35-24-29-28-22(34-24)12-32-21-6-4-3-5-19(21)25/h3-11,23H,12-13H2,1-2H3. The molecule has 0 radical (unpaired) electrons. The van der Waals surface area contributed by atoms with E-state index in [2.05, 4.69) is 14.9 Å². The maximum absolute atomic E-state index is 12.9. The number of hydrogen-bond donors (Lipinski definition) is 0. The Labute approximate surface area is 209 Å². The van der Waals surface area contributed by atoms with Gasteiger partial charge in [-0.1, -0.05) is 35.5 Å². The second-order valence-electron chi connectivity index (χ2n) is 7.39. The molecular formula is C24H20ClF2N3O4S. The van der Waals surface area contributed by atoms with Gasteiger partial charge in [0.1, 0.15) is 11.5 Å². The zero-order valence-electron chi connectivity index (χ0n) is 18.7. The largest absolute Gasteiger partial charge is 0.482 e. The minimum atomic E-state index is -2.89. The SMILES string of the molecule is Cc1cc(C(=O)CSc2nnc(COc3ccccc3Cl)o2)c(C)n1-c1ccc(OC(F)F)cc1. The van der Waals surface area contributed by atoms with Crippen LogP contribution >= 0.6 is 23.4 Å². The zero-order valence-corrected chi connectivity index (χ0v) is 20.3. The highest BCUT2D eigenvalue weighted by molar-refractivity contribution is 7.99. The number of ether oxygens (including phenoxy) is 2. The van der Waals surface area contributed by atoms with Crippen molar-refractivity contribution in [2.75, 3.05) is 5.75 Å². The maximum Gasteiger partial charge on any atom is 0.387 e. The minimum Gasteiger partial charge on any atom is -0.482 e. The number of ketones is 1. The maximum atomic E-state index is 12.9. The van der Waals surface area contributed by atoms with Crippen LogP contribution in [-0.4, -0.2) is 32.9 Å². The van der Waals surface area contributed by atoms with E-state index in [1.807, 2.05) is 18.4 Å². The lowest BCUT2D eigenvalue weighted by atomic mass is 10.2. The molecule has 2 aromatic carbocycles. The van der Waals surface area contributed by atoms with E-state index in [0.29, 0.717) is 16.3 Å². The summed E-state index contributed by atoms with van der Waals surface area (Å²) in [5, 5.41) is 8.61. The van der Waals surface area contributed by atoms with Gasteiger partial charge in [-0.2, -0.15) is 8.78 Å². The van der Waals surface area contributed by atoms with E-state index in [1.54, 1.807) is 42.5 Å². The molecule has 35 heavy (non-hydrogen) atoms. The monoisotopic (exact) mass is 519 g/mol. The Balaban J connectivity index is 1.38. The normalized spacial score (nSPS) is 11.1. The predicted molar refractivity (Wildman–Crippen MR) is 127 cm³/mol. The molecule has 11 heteroatoms. The van der Waals surface area contributed by atoms with Crippen molar-refractivity contribution in [2.24, 2.45) is 0 Å². The van der Waals surface area contributed by atoms with Gasteiger partial charge in [0.25, 0.3) is 11.1 Å². The van der Waals surface area contributed by atoms with Gasteiger partial charge in [0, 0.05) is 22.6 Å². The van der Waals surface area contributed by atoms with Crippen LogP contribution in [0.5, 0.6) is 11.5 Å². The van der Waals surface area contributed by atoms with Gasteiger partial charge in [-0.3, -0.25) is 4.79 Å². The number of para-hydroxylation sites is 1. The third-order valence-electron chi connectivity index (χ3n) is 5.01. The number of aromatic nitrogens is 3. The summed E-state index contributed by atoms with van der Waals surface area (Å²) in [6.45, 7) is 0.852. The zero-order chi connectivity index (χ0) is 24.9. The van der Waals surface area contributed by atoms with E-state index in [9.17, 15) is 13.6 Å². The highest BCUT2D eigenvalue weighted by Crippen LogP contribution is 2.27. The van der Waals surface area contributed by atoms with Crippen molar-refractivity contribution in [1.29, 1.82) is 0 Å². The van der Waals surface area contributed by atoms with Gasteiger partial charge in [0.2, 0.25) is 0 Å². The molecule has 0 spiro atoms. The summed E-state index contributed by atoms with van der Waals surface area (Å²) in [4.78, 5) is 12.9. The first-order chi connectivity index (χ1) is 16.8. The highest BCUT2D eigenvalue weighted by atomic mass is 35.5. The van der Waals surface area contributed by atoms with Crippen LogP contribution in [0.4, 0.5) is 8.78 Å². The van der Waals surface area contributed by atoms with Crippen LogP contribution in [0.25, 0.3) is 5.69 Å². The van der Waals surface area contributed by atoms with Crippen LogP contribution in [0.3, 0.4) is 0 Å². The topological polar surface area (TPSA) is 79.4 Å². The molecule has 0 amide bonds. The number of thioether (sulfide) groups is 1. The molecule has 0 aliphatic heterocycles. The lowest BCUT2D eigenvalue weighted by molar-refractivity contribution is -0.0498. The summed E-state index contributed by atoms with van der Waals surface area (Å²) in [5.74, 6) is 0.813. The lowest BCUT2D eigenvalue weighted by Gasteiger charge is -2.11. The van der Waals surface area contributed by atoms with Gasteiger partial charge in [-0.05, 0) is 56.3 Å². The Bertz CT molecular complexity index is 1320. The first kappa shape index (κ1) is 24.7. The Morgan fingerprint density at radius 3 is 2.60 bits per heavy atom. The summed E-state index contributed by atoms with van der Waals surface area (Å²) in [7, 11) is 0. The van der Waals surface area contributed by atoms with Crippen LogP contribution < -0.4 is 9.47 Å². The van der Waals surface area contributed by atoms with Crippen LogP contribution in [-0.2, 0) is 6.61 Å². The molecule has 0 N–H and O–H groups in total. The molecule has 2 heterocycles. The summed E-state index contributed by atoms with van der Waals surface area (Å²) in [5.41, 5.74) is 2.84. The van der Waals surface area contributed by atoms with Crippen LogP contribution in [0.1, 0.15) is 27.6 Å². The van der Waals surface area contributed by atoms with E-state index < -0.39 is 6.61 Å². The fraction of sp³-hybridized carbons (Fsp3) is 0.208. The molecule has 0 fully saturated rings. The summed E-state index contributed by atoms with van der Waals surface area (Å²) in [6, 6.07) is 15.1. The van der Waals surface area contributed by atoms with Crippen LogP contribution in [0.15, 0.2) is 64.2 Å². The molecule has 0 bridgehead atoms.